The van der Waals surface area contributed by atoms with E-state index in [0.717, 1.165) is 0 Å². The molecule has 100 valence electrons. The average molecular weight is 264 g/mol. The summed E-state index contributed by atoms with van der Waals surface area (Å²) in [7, 11) is 1.49. The first-order chi connectivity index (χ1) is 9.11. The molecule has 5 nitrogen and oxygen atoms in total. The van der Waals surface area contributed by atoms with Gasteiger partial charge in [0.1, 0.15) is 11.6 Å². The van der Waals surface area contributed by atoms with E-state index >= 15 is 0 Å². The van der Waals surface area contributed by atoms with Crippen LogP contribution < -0.4 is 4.74 Å². The van der Waals surface area contributed by atoms with Crippen LogP contribution in [0.5, 0.6) is 5.75 Å². The number of halogens is 1. The molecule has 2 aromatic rings. The van der Waals surface area contributed by atoms with Crippen molar-refractivity contribution in [1.29, 1.82) is 0 Å². The fourth-order valence-corrected chi connectivity index (χ4v) is 1.86. The first-order valence-electron chi connectivity index (χ1n) is 5.69. The highest BCUT2D eigenvalue weighted by molar-refractivity contribution is 5.73. The van der Waals surface area contributed by atoms with Gasteiger partial charge in [0.2, 0.25) is 0 Å². The summed E-state index contributed by atoms with van der Waals surface area (Å²) in [4.78, 5) is 10.6. The van der Waals surface area contributed by atoms with Gasteiger partial charge in [0.05, 0.1) is 19.7 Å². The quantitative estimate of drug-likeness (QED) is 0.868. The number of hydrogen-bond donors (Lipinski definition) is 2. The molecule has 0 saturated heterocycles. The molecule has 0 fully saturated rings. The van der Waals surface area contributed by atoms with Gasteiger partial charge >= 0.3 is 5.97 Å². The lowest BCUT2D eigenvalue weighted by Crippen LogP contribution is -1.99. The Morgan fingerprint density at radius 1 is 1.47 bits per heavy atom. The van der Waals surface area contributed by atoms with Crippen molar-refractivity contribution in [2.24, 2.45) is 0 Å². The molecule has 0 amide bonds. The number of H-pyrrole nitrogens is 1. The third-order valence-corrected chi connectivity index (χ3v) is 2.76. The van der Waals surface area contributed by atoms with Gasteiger partial charge in [-0.1, -0.05) is 0 Å². The van der Waals surface area contributed by atoms with E-state index in [4.69, 9.17) is 9.84 Å². The molecule has 1 aromatic heterocycles. The smallest absolute Gasteiger partial charge is 0.303 e. The van der Waals surface area contributed by atoms with Gasteiger partial charge < -0.3 is 9.84 Å². The highest BCUT2D eigenvalue weighted by Crippen LogP contribution is 2.32. The topological polar surface area (TPSA) is 75.2 Å². The number of aromatic nitrogens is 2. The molecule has 1 aromatic carbocycles. The van der Waals surface area contributed by atoms with E-state index < -0.39 is 5.97 Å². The second-order valence-corrected chi connectivity index (χ2v) is 4.00. The predicted octanol–water partition coefficient (Wildman–Crippen LogP) is 2.24. The summed E-state index contributed by atoms with van der Waals surface area (Å²) < 4.78 is 18.5. The lowest BCUT2D eigenvalue weighted by Gasteiger charge is -2.08. The molecule has 0 bridgehead atoms. The summed E-state index contributed by atoms with van der Waals surface area (Å²) in [6.45, 7) is 0. The van der Waals surface area contributed by atoms with Crippen LogP contribution in [0.4, 0.5) is 4.39 Å². The Balaban J connectivity index is 2.39. The normalized spacial score (nSPS) is 10.4. The molecule has 0 aliphatic heterocycles. The lowest BCUT2D eigenvalue weighted by molar-refractivity contribution is -0.136. The molecule has 0 radical (unpaired) electrons. The molecule has 0 unspecified atom stereocenters. The van der Waals surface area contributed by atoms with Gasteiger partial charge in [0.25, 0.3) is 0 Å². The molecule has 0 atom stereocenters. The number of hydrogen-bond acceptors (Lipinski definition) is 3. The molecule has 0 aliphatic rings. The monoisotopic (exact) mass is 264 g/mol. The zero-order chi connectivity index (χ0) is 13.8. The van der Waals surface area contributed by atoms with Crippen LogP contribution >= 0.6 is 0 Å². The van der Waals surface area contributed by atoms with Crippen molar-refractivity contribution >= 4 is 5.97 Å². The van der Waals surface area contributed by atoms with Gasteiger partial charge in [-0.05, 0) is 18.2 Å². The van der Waals surface area contributed by atoms with Crippen molar-refractivity contribution in [2.45, 2.75) is 12.8 Å². The summed E-state index contributed by atoms with van der Waals surface area (Å²) in [6, 6.07) is 4.17. The van der Waals surface area contributed by atoms with Crippen LogP contribution in [-0.4, -0.2) is 28.4 Å². The van der Waals surface area contributed by atoms with E-state index in [9.17, 15) is 9.18 Å². The SMILES string of the molecule is COc1ccc(F)cc1-c1cn[nH]c1CCC(=O)O. The van der Waals surface area contributed by atoms with E-state index in [0.29, 0.717) is 29.0 Å². The number of aromatic amines is 1. The average Bonchev–Trinajstić information content (AvgIpc) is 2.84. The first-order valence-corrected chi connectivity index (χ1v) is 5.69. The molecular formula is C13H13FN2O3. The molecule has 0 aliphatic carbocycles. The number of nitrogens with one attached hydrogen (secondary N) is 1. The lowest BCUT2D eigenvalue weighted by atomic mass is 10.0. The summed E-state index contributed by atoms with van der Waals surface area (Å²) in [5.74, 6) is -0.771. The maximum Gasteiger partial charge on any atom is 0.303 e. The van der Waals surface area contributed by atoms with Crippen LogP contribution in [0.3, 0.4) is 0 Å². The summed E-state index contributed by atoms with van der Waals surface area (Å²) in [5.41, 5.74) is 1.85. The number of rotatable bonds is 5. The molecular weight excluding hydrogens is 251 g/mol. The molecule has 2 rings (SSSR count). The number of methoxy groups -OCH3 is 1. The number of aryl methyl sites for hydroxylation is 1. The van der Waals surface area contributed by atoms with E-state index in [1.165, 1.54) is 31.5 Å². The number of benzene rings is 1. The fraction of sp³-hybridized carbons (Fsp3) is 0.231. The second-order valence-electron chi connectivity index (χ2n) is 4.00. The van der Waals surface area contributed by atoms with Gasteiger partial charge in [-0.15, -0.1) is 0 Å². The van der Waals surface area contributed by atoms with Crippen LogP contribution in [-0.2, 0) is 11.2 Å². The number of aliphatic carboxylic acids is 1. The van der Waals surface area contributed by atoms with Gasteiger partial charge in [0.15, 0.2) is 0 Å². The van der Waals surface area contributed by atoms with Crippen LogP contribution in [0.2, 0.25) is 0 Å². The van der Waals surface area contributed by atoms with Crippen molar-refractivity contribution in [3.63, 3.8) is 0 Å². The van der Waals surface area contributed by atoms with Crippen LogP contribution in [0.25, 0.3) is 11.1 Å². The van der Waals surface area contributed by atoms with E-state index in [1.807, 2.05) is 0 Å². The molecule has 0 spiro atoms. The van der Waals surface area contributed by atoms with Gasteiger partial charge in [0, 0.05) is 23.2 Å². The Bertz CT molecular complexity index is 595. The Hall–Kier alpha value is -2.37. The third kappa shape index (κ3) is 2.90. The van der Waals surface area contributed by atoms with Crippen molar-refractivity contribution in [3.05, 3.63) is 35.9 Å². The van der Waals surface area contributed by atoms with Crippen molar-refractivity contribution in [1.82, 2.24) is 10.2 Å². The third-order valence-electron chi connectivity index (χ3n) is 2.76. The van der Waals surface area contributed by atoms with Crippen LogP contribution in [0.1, 0.15) is 12.1 Å². The van der Waals surface area contributed by atoms with Crippen molar-refractivity contribution in [2.75, 3.05) is 7.11 Å². The summed E-state index contributed by atoms with van der Waals surface area (Å²) in [5, 5.41) is 15.3. The zero-order valence-electron chi connectivity index (χ0n) is 10.3. The van der Waals surface area contributed by atoms with Gasteiger partial charge in [-0.2, -0.15) is 5.10 Å². The number of ether oxygens (including phenoxy) is 1. The van der Waals surface area contributed by atoms with Crippen LogP contribution in [0, 0.1) is 5.82 Å². The Kier molecular flexibility index (Phi) is 3.79. The van der Waals surface area contributed by atoms with Crippen LogP contribution in [0.15, 0.2) is 24.4 Å². The number of carboxylic acid groups (broad SMARTS) is 1. The number of carbonyl (C=O) groups is 1. The largest absolute Gasteiger partial charge is 0.496 e. The fourth-order valence-electron chi connectivity index (χ4n) is 1.86. The molecule has 0 saturated carbocycles. The first kappa shape index (κ1) is 13.1. The predicted molar refractivity (Wildman–Crippen MR) is 66.5 cm³/mol. The zero-order valence-corrected chi connectivity index (χ0v) is 10.3. The number of carboxylic acids is 1. The minimum Gasteiger partial charge on any atom is -0.496 e. The molecule has 1 heterocycles. The summed E-state index contributed by atoms with van der Waals surface area (Å²) in [6.07, 6.45) is 1.81. The highest BCUT2D eigenvalue weighted by Gasteiger charge is 2.14. The minimum absolute atomic E-state index is 0.0210. The standard InChI is InChI=1S/C13H13FN2O3/c1-19-12-4-2-8(14)6-9(12)10-7-15-16-11(10)3-5-13(17)18/h2,4,6-7H,3,5H2,1H3,(H,15,16)(H,17,18). The van der Waals surface area contributed by atoms with E-state index in [2.05, 4.69) is 10.2 Å². The van der Waals surface area contributed by atoms with E-state index in [1.54, 1.807) is 0 Å². The molecule has 6 heteroatoms. The molecule has 19 heavy (non-hydrogen) atoms. The van der Waals surface area contributed by atoms with Crippen molar-refractivity contribution in [3.8, 4) is 16.9 Å². The summed E-state index contributed by atoms with van der Waals surface area (Å²) >= 11 is 0. The van der Waals surface area contributed by atoms with Crippen molar-refractivity contribution < 1.29 is 19.0 Å². The highest BCUT2D eigenvalue weighted by atomic mass is 19.1. The maximum atomic E-state index is 13.3. The Morgan fingerprint density at radius 3 is 2.95 bits per heavy atom. The Labute approximate surface area is 109 Å². The second kappa shape index (κ2) is 5.51. The number of nitrogens with zero attached hydrogens (tertiary/aromatic N) is 1. The van der Waals surface area contributed by atoms with Gasteiger partial charge in [-0.3, -0.25) is 9.89 Å². The van der Waals surface area contributed by atoms with E-state index in [-0.39, 0.29) is 12.2 Å². The maximum absolute atomic E-state index is 13.3. The Morgan fingerprint density at radius 2 is 2.26 bits per heavy atom. The van der Waals surface area contributed by atoms with Gasteiger partial charge in [-0.25, -0.2) is 4.39 Å². The molecule has 2 N–H and O–H groups in total. The minimum atomic E-state index is -0.897.